The Kier molecular flexibility index (Phi) is 4.42. The number of rotatable bonds is 4. The molecule has 0 unspecified atom stereocenters. The number of anilines is 1. The van der Waals surface area contributed by atoms with E-state index in [0.717, 1.165) is 0 Å². The number of sulfonamides is 1. The molecule has 7 heteroatoms. The molecular formula is C13H18N2O4S. The lowest BCUT2D eigenvalue weighted by Gasteiger charge is -2.26. The molecule has 2 rings (SSSR count). The molecule has 0 aliphatic carbocycles. The van der Waals surface area contributed by atoms with Gasteiger partial charge in [-0.3, -0.25) is 4.79 Å². The number of nitrogens with one attached hydrogen (secondary N) is 1. The van der Waals surface area contributed by atoms with Gasteiger partial charge in [0.15, 0.2) is 0 Å². The normalized spacial score (nSPS) is 16.8. The summed E-state index contributed by atoms with van der Waals surface area (Å²) in [7, 11) is -3.50. The molecular weight excluding hydrogens is 280 g/mol. The van der Waals surface area contributed by atoms with Crippen molar-refractivity contribution in [1.29, 1.82) is 0 Å². The second-order valence-electron chi connectivity index (χ2n) is 4.87. The summed E-state index contributed by atoms with van der Waals surface area (Å²) in [4.78, 5) is 13.5. The Morgan fingerprint density at radius 2 is 1.90 bits per heavy atom. The zero-order valence-electron chi connectivity index (χ0n) is 11.5. The van der Waals surface area contributed by atoms with E-state index in [2.05, 4.69) is 4.72 Å². The van der Waals surface area contributed by atoms with E-state index in [1.807, 2.05) is 0 Å². The van der Waals surface area contributed by atoms with Crippen molar-refractivity contribution in [3.05, 3.63) is 24.3 Å². The van der Waals surface area contributed by atoms with Gasteiger partial charge in [0.05, 0.1) is 11.5 Å². The fraction of sp³-hybridized carbons (Fsp3) is 0.462. The van der Waals surface area contributed by atoms with Crippen LogP contribution in [0.1, 0.15) is 13.8 Å². The molecule has 1 aromatic carbocycles. The van der Waals surface area contributed by atoms with Crippen molar-refractivity contribution in [3.8, 4) is 0 Å². The van der Waals surface area contributed by atoms with E-state index < -0.39 is 10.0 Å². The van der Waals surface area contributed by atoms with Gasteiger partial charge in [0.25, 0.3) is 5.91 Å². The fourth-order valence-corrected chi connectivity index (χ4v) is 3.23. The van der Waals surface area contributed by atoms with Gasteiger partial charge in [-0.25, -0.2) is 13.1 Å². The smallest absolute Gasteiger partial charge is 0.253 e. The Morgan fingerprint density at radius 1 is 1.25 bits per heavy atom. The van der Waals surface area contributed by atoms with E-state index in [9.17, 15) is 13.2 Å². The lowest BCUT2D eigenvalue weighted by Crippen LogP contribution is -2.41. The van der Waals surface area contributed by atoms with Crippen molar-refractivity contribution in [2.24, 2.45) is 0 Å². The second-order valence-corrected chi connectivity index (χ2v) is 6.58. The topological polar surface area (TPSA) is 75.7 Å². The fourth-order valence-electron chi connectivity index (χ4n) is 1.97. The highest BCUT2D eigenvalue weighted by Gasteiger charge is 2.21. The number of hydrogen-bond acceptors (Lipinski definition) is 4. The van der Waals surface area contributed by atoms with Gasteiger partial charge < -0.3 is 9.64 Å². The molecule has 1 aliphatic heterocycles. The molecule has 1 fully saturated rings. The molecule has 1 heterocycles. The minimum Gasteiger partial charge on any atom is -0.370 e. The summed E-state index contributed by atoms with van der Waals surface area (Å²) >= 11 is 0. The van der Waals surface area contributed by atoms with Crippen LogP contribution in [0.2, 0.25) is 0 Å². The summed E-state index contributed by atoms with van der Waals surface area (Å²) in [6.45, 7) is 4.56. The van der Waals surface area contributed by atoms with Crippen LogP contribution in [0.5, 0.6) is 0 Å². The van der Waals surface area contributed by atoms with Crippen LogP contribution in [0.3, 0.4) is 0 Å². The maximum Gasteiger partial charge on any atom is 0.253 e. The number of carbonyl (C=O) groups excluding carboxylic acids is 1. The molecule has 0 radical (unpaired) electrons. The first kappa shape index (κ1) is 15.0. The number of benzene rings is 1. The second kappa shape index (κ2) is 5.90. The summed E-state index contributed by atoms with van der Waals surface area (Å²) < 4.78 is 31.5. The third-order valence-electron chi connectivity index (χ3n) is 2.84. The SMILES string of the molecule is CC(C)NS(=O)(=O)c1ccc(N2CCOCC2=O)cc1. The van der Waals surface area contributed by atoms with Gasteiger partial charge in [0, 0.05) is 18.3 Å². The van der Waals surface area contributed by atoms with Crippen molar-refractivity contribution >= 4 is 21.6 Å². The third kappa shape index (κ3) is 3.36. The minimum absolute atomic E-state index is 0.0644. The Labute approximate surface area is 118 Å². The quantitative estimate of drug-likeness (QED) is 0.889. The average molecular weight is 298 g/mol. The standard InChI is InChI=1S/C13H18N2O4S/c1-10(2)14-20(17,18)12-5-3-11(4-6-12)15-7-8-19-9-13(15)16/h3-6,10,14H,7-9H2,1-2H3. The third-order valence-corrected chi connectivity index (χ3v) is 4.51. The molecule has 110 valence electrons. The maximum absolute atomic E-state index is 12.0. The number of carbonyl (C=O) groups is 1. The molecule has 6 nitrogen and oxygen atoms in total. The van der Waals surface area contributed by atoms with Crippen LogP contribution < -0.4 is 9.62 Å². The van der Waals surface area contributed by atoms with Crippen LogP contribution in [0.25, 0.3) is 0 Å². The highest BCUT2D eigenvalue weighted by molar-refractivity contribution is 7.89. The monoisotopic (exact) mass is 298 g/mol. The molecule has 0 saturated carbocycles. The van der Waals surface area contributed by atoms with Gasteiger partial charge in [-0.2, -0.15) is 0 Å². The molecule has 1 aromatic rings. The predicted molar refractivity (Wildman–Crippen MR) is 75.1 cm³/mol. The number of morpholine rings is 1. The lowest BCUT2D eigenvalue weighted by atomic mass is 10.2. The molecule has 0 atom stereocenters. The summed E-state index contributed by atoms with van der Waals surface area (Å²) in [6.07, 6.45) is 0. The molecule has 20 heavy (non-hydrogen) atoms. The molecule has 0 bridgehead atoms. The Bertz CT molecular complexity index is 581. The number of ether oxygens (including phenoxy) is 1. The van der Waals surface area contributed by atoms with Crippen LogP contribution in [-0.4, -0.2) is 40.1 Å². The van der Waals surface area contributed by atoms with E-state index in [1.54, 1.807) is 30.9 Å². The van der Waals surface area contributed by atoms with Crippen LogP contribution in [0.4, 0.5) is 5.69 Å². The van der Waals surface area contributed by atoms with Gasteiger partial charge in [0.2, 0.25) is 10.0 Å². The average Bonchev–Trinajstić information content (AvgIpc) is 2.38. The predicted octanol–water partition coefficient (Wildman–Crippen LogP) is 0.736. The Morgan fingerprint density at radius 3 is 2.45 bits per heavy atom. The first-order chi connectivity index (χ1) is 9.40. The van der Waals surface area contributed by atoms with Crippen molar-refractivity contribution in [1.82, 2.24) is 4.72 Å². The molecule has 1 N–H and O–H groups in total. The molecule has 1 aliphatic rings. The summed E-state index contributed by atoms with van der Waals surface area (Å²) in [5.41, 5.74) is 0.682. The summed E-state index contributed by atoms with van der Waals surface area (Å²) in [6, 6.07) is 6.11. The van der Waals surface area contributed by atoms with Gasteiger partial charge >= 0.3 is 0 Å². The van der Waals surface area contributed by atoms with Crippen LogP contribution in [0.15, 0.2) is 29.2 Å². The lowest BCUT2D eigenvalue weighted by molar-refractivity contribution is -0.125. The zero-order chi connectivity index (χ0) is 14.8. The molecule has 0 spiro atoms. The van der Waals surface area contributed by atoms with Crippen molar-refractivity contribution in [3.63, 3.8) is 0 Å². The Balaban J connectivity index is 2.20. The maximum atomic E-state index is 12.0. The van der Waals surface area contributed by atoms with Crippen LogP contribution in [-0.2, 0) is 19.6 Å². The van der Waals surface area contributed by atoms with Crippen molar-refractivity contribution < 1.29 is 17.9 Å². The number of nitrogens with zero attached hydrogens (tertiary/aromatic N) is 1. The number of amides is 1. The van der Waals surface area contributed by atoms with E-state index in [1.165, 1.54) is 12.1 Å². The molecule has 1 amide bonds. The van der Waals surface area contributed by atoms with Gasteiger partial charge in [0.1, 0.15) is 6.61 Å². The van der Waals surface area contributed by atoms with Crippen molar-refractivity contribution in [2.75, 3.05) is 24.7 Å². The van der Waals surface area contributed by atoms with Gasteiger partial charge in [-0.1, -0.05) is 0 Å². The first-order valence-electron chi connectivity index (χ1n) is 6.40. The highest BCUT2D eigenvalue weighted by Crippen LogP contribution is 2.19. The summed E-state index contributed by atoms with van der Waals surface area (Å²) in [5, 5.41) is 0. The van der Waals surface area contributed by atoms with Crippen LogP contribution >= 0.6 is 0 Å². The zero-order valence-corrected chi connectivity index (χ0v) is 12.3. The number of hydrogen-bond donors (Lipinski definition) is 1. The van der Waals surface area contributed by atoms with Gasteiger partial charge in [-0.15, -0.1) is 0 Å². The largest absolute Gasteiger partial charge is 0.370 e. The minimum atomic E-state index is -3.50. The molecule has 0 aromatic heterocycles. The van der Waals surface area contributed by atoms with E-state index >= 15 is 0 Å². The van der Waals surface area contributed by atoms with Crippen molar-refractivity contribution in [2.45, 2.75) is 24.8 Å². The first-order valence-corrected chi connectivity index (χ1v) is 7.89. The highest BCUT2D eigenvalue weighted by atomic mass is 32.2. The molecule has 1 saturated heterocycles. The van der Waals surface area contributed by atoms with E-state index in [-0.39, 0.29) is 23.5 Å². The van der Waals surface area contributed by atoms with E-state index in [4.69, 9.17) is 4.74 Å². The Hall–Kier alpha value is -1.44. The van der Waals surface area contributed by atoms with Crippen LogP contribution in [0, 0.1) is 0 Å². The van der Waals surface area contributed by atoms with E-state index in [0.29, 0.717) is 18.8 Å². The summed E-state index contributed by atoms with van der Waals surface area (Å²) in [5.74, 6) is -0.118. The van der Waals surface area contributed by atoms with Gasteiger partial charge in [-0.05, 0) is 38.1 Å².